The lowest BCUT2D eigenvalue weighted by molar-refractivity contribution is 0.00490. The predicted octanol–water partition coefficient (Wildman–Crippen LogP) is 4.40. The van der Waals surface area contributed by atoms with E-state index in [1.165, 1.54) is 64.7 Å². The fourth-order valence-corrected chi connectivity index (χ4v) is 4.40. The van der Waals surface area contributed by atoms with Gasteiger partial charge in [-0.15, -0.1) is 0 Å². The van der Waals surface area contributed by atoms with Gasteiger partial charge in [0, 0.05) is 31.7 Å². The molecule has 0 aromatic rings. The van der Waals surface area contributed by atoms with E-state index in [9.17, 15) is 0 Å². The van der Waals surface area contributed by atoms with Crippen molar-refractivity contribution in [2.45, 2.75) is 85.2 Å². The Bertz CT molecular complexity index is 311. The molecular formula is C19H38N2. The molecule has 0 radical (unpaired) electrons. The van der Waals surface area contributed by atoms with Gasteiger partial charge < -0.3 is 0 Å². The van der Waals surface area contributed by atoms with Crippen molar-refractivity contribution in [1.82, 2.24) is 9.80 Å². The second kappa shape index (κ2) is 7.46. The Kier molecular flexibility index (Phi) is 6.14. The van der Waals surface area contributed by atoms with Crippen LogP contribution in [0.2, 0.25) is 0 Å². The van der Waals surface area contributed by atoms with Gasteiger partial charge in [0.1, 0.15) is 0 Å². The van der Waals surface area contributed by atoms with Crippen LogP contribution in [0.4, 0.5) is 0 Å². The van der Waals surface area contributed by atoms with E-state index in [-0.39, 0.29) is 0 Å². The molecule has 21 heavy (non-hydrogen) atoms. The van der Waals surface area contributed by atoms with E-state index in [0.29, 0.717) is 5.41 Å². The maximum absolute atomic E-state index is 2.85. The normalized spacial score (nSPS) is 28.3. The van der Waals surface area contributed by atoms with Crippen LogP contribution >= 0.6 is 0 Å². The topological polar surface area (TPSA) is 6.48 Å². The van der Waals surface area contributed by atoms with Crippen LogP contribution < -0.4 is 0 Å². The Morgan fingerprint density at radius 1 is 1.14 bits per heavy atom. The molecule has 2 atom stereocenters. The first-order valence-corrected chi connectivity index (χ1v) is 9.41. The minimum Gasteiger partial charge on any atom is -0.298 e. The lowest BCUT2D eigenvalue weighted by Gasteiger charge is -2.48. The lowest BCUT2D eigenvalue weighted by Crippen LogP contribution is -2.59. The quantitative estimate of drug-likeness (QED) is 0.642. The Hall–Kier alpha value is -0.0800. The van der Waals surface area contributed by atoms with Crippen molar-refractivity contribution in [1.29, 1.82) is 0 Å². The summed E-state index contributed by atoms with van der Waals surface area (Å²) in [7, 11) is 0. The van der Waals surface area contributed by atoms with E-state index in [2.05, 4.69) is 44.4 Å². The van der Waals surface area contributed by atoms with Gasteiger partial charge in [0.05, 0.1) is 0 Å². The van der Waals surface area contributed by atoms with Gasteiger partial charge in [0.25, 0.3) is 0 Å². The highest BCUT2D eigenvalue weighted by molar-refractivity contribution is 4.94. The third-order valence-corrected chi connectivity index (χ3v) is 5.69. The summed E-state index contributed by atoms with van der Waals surface area (Å²) in [6, 6.07) is 1.62. The molecule has 124 valence electrons. The van der Waals surface area contributed by atoms with Gasteiger partial charge >= 0.3 is 0 Å². The number of nitrogens with zero attached hydrogens (tertiary/aromatic N) is 2. The van der Waals surface area contributed by atoms with Crippen molar-refractivity contribution in [2.24, 2.45) is 11.3 Å². The summed E-state index contributed by atoms with van der Waals surface area (Å²) in [6.07, 6.45) is 8.37. The van der Waals surface area contributed by atoms with Crippen LogP contribution in [0.1, 0.15) is 73.1 Å². The summed E-state index contributed by atoms with van der Waals surface area (Å²) in [5, 5.41) is 0. The molecule has 0 aromatic heterocycles. The zero-order valence-corrected chi connectivity index (χ0v) is 15.2. The predicted molar refractivity (Wildman–Crippen MR) is 92.7 cm³/mol. The Labute approximate surface area is 133 Å². The first kappa shape index (κ1) is 17.3. The van der Waals surface area contributed by atoms with Crippen molar-refractivity contribution in [3.63, 3.8) is 0 Å². The van der Waals surface area contributed by atoms with Crippen molar-refractivity contribution >= 4 is 0 Å². The van der Waals surface area contributed by atoms with Crippen molar-refractivity contribution in [3.05, 3.63) is 0 Å². The highest BCUT2D eigenvalue weighted by Gasteiger charge is 2.38. The van der Waals surface area contributed by atoms with Gasteiger partial charge in [-0.25, -0.2) is 0 Å². The number of hydrogen-bond donors (Lipinski definition) is 0. The van der Waals surface area contributed by atoms with Crippen LogP contribution in [0.5, 0.6) is 0 Å². The Balaban J connectivity index is 1.94. The number of unbranched alkanes of at least 4 members (excludes halogenated alkanes) is 2. The molecular weight excluding hydrogens is 256 g/mol. The zero-order valence-electron chi connectivity index (χ0n) is 15.2. The molecule has 2 rings (SSSR count). The number of hydrogen-bond acceptors (Lipinski definition) is 2. The average Bonchev–Trinajstić information content (AvgIpc) is 2.84. The third kappa shape index (κ3) is 4.69. The molecule has 2 aliphatic rings. The van der Waals surface area contributed by atoms with Crippen LogP contribution in [0, 0.1) is 11.3 Å². The van der Waals surface area contributed by atoms with Gasteiger partial charge in [-0.3, -0.25) is 9.80 Å². The van der Waals surface area contributed by atoms with E-state index < -0.39 is 0 Å². The minimum atomic E-state index is 0.475. The molecule has 2 heteroatoms. The molecule has 2 aliphatic heterocycles. The van der Waals surface area contributed by atoms with Crippen LogP contribution in [0.15, 0.2) is 0 Å². The largest absolute Gasteiger partial charge is 0.298 e. The summed E-state index contributed by atoms with van der Waals surface area (Å²) >= 11 is 0. The fraction of sp³-hybridized carbons (Fsp3) is 1.00. The van der Waals surface area contributed by atoms with Gasteiger partial charge in [0.2, 0.25) is 0 Å². The molecule has 0 N–H and O–H groups in total. The smallest absolute Gasteiger partial charge is 0.0247 e. The number of rotatable bonds is 7. The molecule has 0 spiro atoms. The summed E-state index contributed by atoms with van der Waals surface area (Å²) in [5.41, 5.74) is 0.475. The Morgan fingerprint density at radius 2 is 1.90 bits per heavy atom. The van der Waals surface area contributed by atoms with Gasteiger partial charge in [-0.2, -0.15) is 0 Å². The second-order valence-electron chi connectivity index (χ2n) is 8.65. The van der Waals surface area contributed by atoms with Crippen LogP contribution in [0.25, 0.3) is 0 Å². The first-order chi connectivity index (χ1) is 9.93. The highest BCUT2D eigenvalue weighted by atomic mass is 15.3. The third-order valence-electron chi connectivity index (χ3n) is 5.69. The van der Waals surface area contributed by atoms with E-state index in [0.717, 1.165) is 18.0 Å². The van der Waals surface area contributed by atoms with Crippen molar-refractivity contribution in [2.75, 3.05) is 26.2 Å². The van der Waals surface area contributed by atoms with E-state index >= 15 is 0 Å². The first-order valence-electron chi connectivity index (χ1n) is 9.41. The van der Waals surface area contributed by atoms with Crippen molar-refractivity contribution < 1.29 is 0 Å². The maximum atomic E-state index is 2.85. The maximum Gasteiger partial charge on any atom is 0.0247 e. The van der Waals surface area contributed by atoms with Gasteiger partial charge in [-0.1, -0.05) is 53.9 Å². The average molecular weight is 295 g/mol. The summed E-state index contributed by atoms with van der Waals surface area (Å²) in [4.78, 5) is 5.62. The molecule has 0 saturated carbocycles. The summed E-state index contributed by atoms with van der Waals surface area (Å²) in [6.45, 7) is 17.4. The van der Waals surface area contributed by atoms with E-state index in [4.69, 9.17) is 0 Å². The molecule has 2 heterocycles. The summed E-state index contributed by atoms with van der Waals surface area (Å²) in [5.74, 6) is 0.776. The lowest BCUT2D eigenvalue weighted by atomic mass is 9.84. The summed E-state index contributed by atoms with van der Waals surface area (Å²) < 4.78 is 0. The standard InChI is InChI=1S/C19H38N2/c1-6-7-8-11-19(4,5)15-21-13-17-10-9-12-20(17)14-18(21)16(2)3/h16-18H,6-15H2,1-5H3. The number of fused-ring (bicyclic) bond motifs is 1. The van der Waals surface area contributed by atoms with Gasteiger partial charge in [0.15, 0.2) is 0 Å². The highest BCUT2D eigenvalue weighted by Crippen LogP contribution is 2.32. The molecule has 2 fully saturated rings. The minimum absolute atomic E-state index is 0.475. The molecule has 2 saturated heterocycles. The number of piperazine rings is 1. The molecule has 0 aliphatic carbocycles. The van der Waals surface area contributed by atoms with Gasteiger partial charge in [-0.05, 0) is 37.1 Å². The van der Waals surface area contributed by atoms with E-state index in [1.807, 2.05) is 0 Å². The van der Waals surface area contributed by atoms with Crippen LogP contribution in [-0.2, 0) is 0 Å². The Morgan fingerprint density at radius 3 is 2.57 bits per heavy atom. The molecule has 0 bridgehead atoms. The van der Waals surface area contributed by atoms with E-state index in [1.54, 1.807) is 0 Å². The molecule has 2 nitrogen and oxygen atoms in total. The van der Waals surface area contributed by atoms with Crippen molar-refractivity contribution in [3.8, 4) is 0 Å². The SMILES string of the molecule is CCCCCC(C)(C)CN1CC2CCCN2CC1C(C)C. The fourth-order valence-electron chi connectivity index (χ4n) is 4.40. The monoisotopic (exact) mass is 294 g/mol. The zero-order chi connectivity index (χ0) is 15.5. The van der Waals surface area contributed by atoms with Crippen LogP contribution in [0.3, 0.4) is 0 Å². The second-order valence-corrected chi connectivity index (χ2v) is 8.65. The molecule has 0 amide bonds. The van der Waals surface area contributed by atoms with Crippen LogP contribution in [-0.4, -0.2) is 48.1 Å². The molecule has 0 aromatic carbocycles. The molecule has 2 unspecified atom stereocenters.